The van der Waals surface area contributed by atoms with E-state index in [1.165, 1.54) is 5.69 Å². The molecule has 1 aromatic heterocycles. The van der Waals surface area contributed by atoms with Gasteiger partial charge in [0, 0.05) is 42.5 Å². The highest BCUT2D eigenvalue weighted by atomic mass is 16.5. The topological polar surface area (TPSA) is 61.0 Å². The van der Waals surface area contributed by atoms with Crippen LogP contribution in [0.15, 0.2) is 6.07 Å². The molecule has 2 heterocycles. The average Bonchev–Trinajstić information content (AvgIpc) is 2.36. The van der Waals surface area contributed by atoms with Crippen molar-refractivity contribution in [2.45, 2.75) is 57.9 Å². The molecular weight excluding hydrogens is 238 g/mol. The molecule has 2 N–H and O–H groups in total. The Hall–Kier alpha value is -1.00. The van der Waals surface area contributed by atoms with Crippen LogP contribution in [0, 0.1) is 6.92 Å². The maximum Gasteiger partial charge on any atom is 0.128 e. The summed E-state index contributed by atoms with van der Waals surface area (Å²) < 4.78 is 5.41. The number of rotatable bonds is 4. The fourth-order valence-electron chi connectivity index (χ4n) is 2.40. The summed E-state index contributed by atoms with van der Waals surface area (Å²) in [6.07, 6.45) is 3.89. The van der Waals surface area contributed by atoms with Crippen molar-refractivity contribution in [3.05, 3.63) is 23.3 Å². The van der Waals surface area contributed by atoms with Gasteiger partial charge < -0.3 is 10.5 Å². The third-order valence-corrected chi connectivity index (χ3v) is 3.55. The molecule has 1 aromatic rings. The summed E-state index contributed by atoms with van der Waals surface area (Å²) in [4.78, 5) is 9.27. The van der Waals surface area contributed by atoms with E-state index in [1.54, 1.807) is 0 Å². The Balaban J connectivity index is 2.10. The van der Waals surface area contributed by atoms with E-state index in [0.29, 0.717) is 5.92 Å². The summed E-state index contributed by atoms with van der Waals surface area (Å²) in [6.45, 7) is 7.82. The molecule has 0 radical (unpaired) electrons. The second-order valence-corrected chi connectivity index (χ2v) is 6.23. The third-order valence-electron chi connectivity index (χ3n) is 3.55. The Kier molecular flexibility index (Phi) is 4.53. The molecule has 2 rings (SSSR count). The lowest BCUT2D eigenvalue weighted by Gasteiger charge is -2.22. The quantitative estimate of drug-likeness (QED) is 0.905. The number of ether oxygens (including phenoxy) is 1. The van der Waals surface area contributed by atoms with Gasteiger partial charge >= 0.3 is 0 Å². The molecular formula is C15H25N3O. The Morgan fingerprint density at radius 3 is 2.63 bits per heavy atom. The van der Waals surface area contributed by atoms with Crippen molar-refractivity contribution in [3.8, 4) is 0 Å². The van der Waals surface area contributed by atoms with Crippen LogP contribution in [-0.2, 0) is 11.2 Å². The molecule has 1 aliphatic heterocycles. The Labute approximate surface area is 115 Å². The van der Waals surface area contributed by atoms with Crippen molar-refractivity contribution < 1.29 is 4.74 Å². The molecule has 0 bridgehead atoms. The van der Waals surface area contributed by atoms with E-state index in [2.05, 4.69) is 11.1 Å². The van der Waals surface area contributed by atoms with E-state index < -0.39 is 0 Å². The monoisotopic (exact) mass is 263 g/mol. The molecule has 0 unspecified atom stereocenters. The van der Waals surface area contributed by atoms with Gasteiger partial charge in [-0.15, -0.1) is 0 Å². The molecule has 0 spiro atoms. The lowest BCUT2D eigenvalue weighted by molar-refractivity contribution is 0.0844. The highest BCUT2D eigenvalue weighted by molar-refractivity contribution is 5.15. The van der Waals surface area contributed by atoms with Crippen LogP contribution in [0.4, 0.5) is 0 Å². The SMILES string of the molecule is Cc1cc(C2CCOCC2)nc(CCC(C)(C)N)n1. The highest BCUT2D eigenvalue weighted by Gasteiger charge is 2.19. The maximum atomic E-state index is 6.03. The van der Waals surface area contributed by atoms with E-state index >= 15 is 0 Å². The summed E-state index contributed by atoms with van der Waals surface area (Å²) in [5.41, 5.74) is 8.11. The maximum absolute atomic E-state index is 6.03. The van der Waals surface area contributed by atoms with Gasteiger partial charge in [-0.1, -0.05) is 0 Å². The number of hydrogen-bond donors (Lipinski definition) is 1. The molecule has 1 aliphatic rings. The molecule has 1 fully saturated rings. The number of nitrogens with zero attached hydrogens (tertiary/aromatic N) is 2. The van der Waals surface area contributed by atoms with Crippen molar-refractivity contribution in [1.82, 2.24) is 9.97 Å². The van der Waals surface area contributed by atoms with Gasteiger partial charge in [0.25, 0.3) is 0 Å². The first-order valence-electron chi connectivity index (χ1n) is 7.15. The minimum Gasteiger partial charge on any atom is -0.381 e. The normalized spacial score (nSPS) is 17.7. The number of nitrogens with two attached hydrogens (primary N) is 1. The molecule has 4 nitrogen and oxygen atoms in total. The molecule has 4 heteroatoms. The van der Waals surface area contributed by atoms with Crippen LogP contribution in [0.25, 0.3) is 0 Å². The fourth-order valence-corrected chi connectivity index (χ4v) is 2.40. The van der Waals surface area contributed by atoms with Crippen molar-refractivity contribution in [1.29, 1.82) is 0 Å². The van der Waals surface area contributed by atoms with Gasteiger partial charge in [0.2, 0.25) is 0 Å². The van der Waals surface area contributed by atoms with E-state index in [9.17, 15) is 0 Å². The van der Waals surface area contributed by atoms with Gasteiger partial charge in [-0.25, -0.2) is 9.97 Å². The van der Waals surface area contributed by atoms with Gasteiger partial charge in [-0.2, -0.15) is 0 Å². The standard InChI is InChI=1S/C15H25N3O/c1-11-10-13(12-5-8-19-9-6-12)18-14(17-11)4-7-15(2,3)16/h10,12H,4-9,16H2,1-3H3. The summed E-state index contributed by atoms with van der Waals surface area (Å²) in [5, 5.41) is 0. The first-order chi connectivity index (χ1) is 8.94. The van der Waals surface area contributed by atoms with Crippen LogP contribution in [0.3, 0.4) is 0 Å². The zero-order valence-electron chi connectivity index (χ0n) is 12.3. The van der Waals surface area contributed by atoms with Crippen molar-refractivity contribution in [2.75, 3.05) is 13.2 Å². The van der Waals surface area contributed by atoms with Crippen LogP contribution in [0.1, 0.15) is 56.2 Å². The Morgan fingerprint density at radius 2 is 2.00 bits per heavy atom. The molecule has 0 aliphatic carbocycles. The van der Waals surface area contributed by atoms with Gasteiger partial charge in [0.05, 0.1) is 0 Å². The second-order valence-electron chi connectivity index (χ2n) is 6.23. The summed E-state index contributed by atoms with van der Waals surface area (Å²) >= 11 is 0. The van der Waals surface area contributed by atoms with Gasteiger partial charge in [0.15, 0.2) is 0 Å². The van der Waals surface area contributed by atoms with E-state index in [4.69, 9.17) is 15.5 Å². The molecule has 0 amide bonds. The fraction of sp³-hybridized carbons (Fsp3) is 0.733. The summed E-state index contributed by atoms with van der Waals surface area (Å²) in [5.74, 6) is 1.46. The van der Waals surface area contributed by atoms with E-state index in [1.807, 2.05) is 20.8 Å². The smallest absolute Gasteiger partial charge is 0.128 e. The van der Waals surface area contributed by atoms with Crippen molar-refractivity contribution in [2.24, 2.45) is 5.73 Å². The number of aromatic nitrogens is 2. The second kappa shape index (κ2) is 5.97. The van der Waals surface area contributed by atoms with Crippen LogP contribution in [0.2, 0.25) is 0 Å². The van der Waals surface area contributed by atoms with Crippen LogP contribution in [-0.4, -0.2) is 28.7 Å². The summed E-state index contributed by atoms with van der Waals surface area (Å²) in [6, 6.07) is 2.12. The Morgan fingerprint density at radius 1 is 1.32 bits per heavy atom. The lowest BCUT2D eigenvalue weighted by Crippen LogP contribution is -2.32. The molecule has 0 saturated carbocycles. The van der Waals surface area contributed by atoms with Crippen LogP contribution in [0.5, 0.6) is 0 Å². The Bertz CT molecular complexity index is 420. The predicted molar refractivity (Wildman–Crippen MR) is 76.2 cm³/mol. The molecule has 106 valence electrons. The predicted octanol–water partition coefficient (Wildman–Crippen LogP) is 2.35. The van der Waals surface area contributed by atoms with Gasteiger partial charge in [-0.3, -0.25) is 0 Å². The first-order valence-corrected chi connectivity index (χ1v) is 7.15. The minimum atomic E-state index is -0.161. The van der Waals surface area contributed by atoms with Gasteiger partial charge in [0.1, 0.15) is 5.82 Å². The largest absolute Gasteiger partial charge is 0.381 e. The molecule has 0 atom stereocenters. The highest BCUT2D eigenvalue weighted by Crippen LogP contribution is 2.26. The van der Waals surface area contributed by atoms with Crippen molar-refractivity contribution in [3.63, 3.8) is 0 Å². The summed E-state index contributed by atoms with van der Waals surface area (Å²) in [7, 11) is 0. The zero-order chi connectivity index (χ0) is 13.9. The van der Waals surface area contributed by atoms with Crippen molar-refractivity contribution >= 4 is 0 Å². The minimum absolute atomic E-state index is 0.161. The number of hydrogen-bond acceptors (Lipinski definition) is 4. The van der Waals surface area contributed by atoms with E-state index in [0.717, 1.165) is 50.4 Å². The molecule has 0 aromatic carbocycles. The number of aryl methyl sites for hydroxylation is 2. The average molecular weight is 263 g/mol. The lowest BCUT2D eigenvalue weighted by atomic mass is 9.95. The van der Waals surface area contributed by atoms with Crippen LogP contribution >= 0.6 is 0 Å². The third kappa shape index (κ3) is 4.55. The first kappa shape index (κ1) is 14.4. The van der Waals surface area contributed by atoms with Crippen LogP contribution < -0.4 is 5.73 Å². The zero-order valence-corrected chi connectivity index (χ0v) is 12.3. The molecule has 1 saturated heterocycles. The van der Waals surface area contributed by atoms with Gasteiger partial charge in [-0.05, 0) is 46.1 Å². The molecule has 19 heavy (non-hydrogen) atoms. The van der Waals surface area contributed by atoms with E-state index in [-0.39, 0.29) is 5.54 Å².